The standard InChI is InChI=1S/C11H15N3O3S/c1-18-6-4-9(11(16)14-17)13-10(15)8-3-2-5-12-7-8/h2-3,5,7,9,17H,4,6H2,1H3,(H,13,15)(H,14,16)/t9-/m1/s1. The molecule has 0 bridgehead atoms. The van der Waals surface area contributed by atoms with Crippen LogP contribution in [0, 0.1) is 0 Å². The first-order valence-corrected chi connectivity index (χ1v) is 6.72. The van der Waals surface area contributed by atoms with Crippen LogP contribution in [0.1, 0.15) is 16.8 Å². The van der Waals surface area contributed by atoms with E-state index in [1.54, 1.807) is 35.6 Å². The molecule has 98 valence electrons. The predicted molar refractivity (Wildman–Crippen MR) is 68.4 cm³/mol. The Hall–Kier alpha value is -1.60. The largest absolute Gasteiger partial charge is 0.340 e. The molecular formula is C11H15N3O3S. The van der Waals surface area contributed by atoms with Crippen LogP contribution >= 0.6 is 11.8 Å². The summed E-state index contributed by atoms with van der Waals surface area (Å²) in [5, 5.41) is 11.2. The minimum Gasteiger partial charge on any atom is -0.340 e. The maximum Gasteiger partial charge on any atom is 0.265 e. The van der Waals surface area contributed by atoms with Crippen LogP contribution in [0.4, 0.5) is 0 Å². The lowest BCUT2D eigenvalue weighted by Gasteiger charge is -2.16. The molecule has 0 spiro atoms. The zero-order valence-corrected chi connectivity index (χ0v) is 10.7. The summed E-state index contributed by atoms with van der Waals surface area (Å²) >= 11 is 1.56. The fourth-order valence-electron chi connectivity index (χ4n) is 1.32. The average Bonchev–Trinajstić information content (AvgIpc) is 2.43. The highest BCUT2D eigenvalue weighted by Gasteiger charge is 2.20. The molecule has 0 aliphatic rings. The number of carbonyl (C=O) groups is 2. The molecule has 18 heavy (non-hydrogen) atoms. The number of rotatable bonds is 6. The van der Waals surface area contributed by atoms with Crippen LogP contribution in [0.3, 0.4) is 0 Å². The average molecular weight is 269 g/mol. The maximum atomic E-state index is 11.8. The van der Waals surface area contributed by atoms with Crippen molar-refractivity contribution < 1.29 is 14.8 Å². The van der Waals surface area contributed by atoms with E-state index in [9.17, 15) is 9.59 Å². The zero-order valence-electron chi connectivity index (χ0n) is 9.92. The van der Waals surface area contributed by atoms with E-state index >= 15 is 0 Å². The van der Waals surface area contributed by atoms with Crippen LogP contribution in [0.25, 0.3) is 0 Å². The fraction of sp³-hybridized carbons (Fsp3) is 0.364. The van der Waals surface area contributed by atoms with Gasteiger partial charge in [-0.3, -0.25) is 19.8 Å². The SMILES string of the molecule is CSCC[C@@H](NC(=O)c1cccnc1)C(=O)NO. The third kappa shape index (κ3) is 4.34. The molecule has 1 heterocycles. The van der Waals surface area contributed by atoms with Crippen molar-refractivity contribution in [3.63, 3.8) is 0 Å². The van der Waals surface area contributed by atoms with Crippen LogP contribution in [0.2, 0.25) is 0 Å². The second kappa shape index (κ2) is 7.67. The van der Waals surface area contributed by atoms with Crippen molar-refractivity contribution in [1.29, 1.82) is 0 Å². The van der Waals surface area contributed by atoms with Crippen molar-refractivity contribution in [3.8, 4) is 0 Å². The van der Waals surface area contributed by atoms with Gasteiger partial charge in [0.05, 0.1) is 5.56 Å². The highest BCUT2D eigenvalue weighted by molar-refractivity contribution is 7.98. The van der Waals surface area contributed by atoms with Gasteiger partial charge in [0.15, 0.2) is 0 Å². The Labute approximate surface area is 109 Å². The molecule has 0 aliphatic carbocycles. The minimum atomic E-state index is -0.754. The molecule has 6 nitrogen and oxygen atoms in total. The van der Waals surface area contributed by atoms with Crippen LogP contribution in [0.15, 0.2) is 24.5 Å². The summed E-state index contributed by atoms with van der Waals surface area (Å²) in [5.74, 6) is -0.315. The number of hydroxylamine groups is 1. The Bertz CT molecular complexity index is 400. The normalized spacial score (nSPS) is 11.7. The molecular weight excluding hydrogens is 254 g/mol. The van der Waals surface area contributed by atoms with E-state index in [2.05, 4.69) is 10.3 Å². The zero-order chi connectivity index (χ0) is 13.4. The smallest absolute Gasteiger partial charge is 0.265 e. The number of pyridine rings is 1. The predicted octanol–water partition coefficient (Wildman–Crippen LogP) is 0.439. The summed E-state index contributed by atoms with van der Waals surface area (Å²) < 4.78 is 0. The van der Waals surface area contributed by atoms with E-state index in [1.165, 1.54) is 6.20 Å². The van der Waals surface area contributed by atoms with E-state index in [0.29, 0.717) is 17.7 Å². The van der Waals surface area contributed by atoms with Crippen LogP contribution in [0.5, 0.6) is 0 Å². The molecule has 7 heteroatoms. The summed E-state index contributed by atoms with van der Waals surface area (Å²) in [6, 6.07) is 2.48. The summed E-state index contributed by atoms with van der Waals surface area (Å²) in [4.78, 5) is 27.0. The molecule has 3 N–H and O–H groups in total. The van der Waals surface area contributed by atoms with Crippen molar-refractivity contribution in [1.82, 2.24) is 15.8 Å². The highest BCUT2D eigenvalue weighted by Crippen LogP contribution is 2.03. The van der Waals surface area contributed by atoms with Crippen molar-refractivity contribution in [2.75, 3.05) is 12.0 Å². The number of nitrogens with one attached hydrogen (secondary N) is 2. The van der Waals surface area contributed by atoms with Crippen molar-refractivity contribution in [2.45, 2.75) is 12.5 Å². The summed E-state index contributed by atoms with van der Waals surface area (Å²) in [6.07, 6.45) is 5.32. The van der Waals surface area contributed by atoms with Crippen LogP contribution in [-0.4, -0.2) is 40.1 Å². The summed E-state index contributed by atoms with van der Waals surface area (Å²) in [5.41, 5.74) is 1.92. The van der Waals surface area contributed by atoms with Gasteiger partial charge in [-0.1, -0.05) is 0 Å². The van der Waals surface area contributed by atoms with Crippen molar-refractivity contribution >= 4 is 23.6 Å². The molecule has 0 radical (unpaired) electrons. The number of hydrogen-bond donors (Lipinski definition) is 3. The highest BCUT2D eigenvalue weighted by atomic mass is 32.2. The van der Waals surface area contributed by atoms with Gasteiger partial charge in [0.2, 0.25) is 0 Å². The van der Waals surface area contributed by atoms with Crippen LogP contribution < -0.4 is 10.8 Å². The second-order valence-corrected chi connectivity index (χ2v) is 4.51. The number of hydrogen-bond acceptors (Lipinski definition) is 5. The molecule has 0 aliphatic heterocycles. The Morgan fingerprint density at radius 1 is 1.56 bits per heavy atom. The summed E-state index contributed by atoms with van der Waals surface area (Å²) in [6.45, 7) is 0. The lowest BCUT2D eigenvalue weighted by molar-refractivity contribution is -0.131. The Morgan fingerprint density at radius 2 is 2.33 bits per heavy atom. The van der Waals surface area contributed by atoms with E-state index in [0.717, 1.165) is 0 Å². The maximum absolute atomic E-state index is 11.8. The third-order valence-corrected chi connectivity index (χ3v) is 2.91. The monoisotopic (exact) mass is 269 g/mol. The molecule has 0 aromatic carbocycles. The van der Waals surface area contributed by atoms with Gasteiger partial charge in [0.1, 0.15) is 6.04 Å². The van der Waals surface area contributed by atoms with E-state index < -0.39 is 17.9 Å². The van der Waals surface area contributed by atoms with E-state index in [1.807, 2.05) is 6.26 Å². The molecule has 0 saturated carbocycles. The van der Waals surface area contributed by atoms with E-state index in [4.69, 9.17) is 5.21 Å². The van der Waals surface area contributed by atoms with Gasteiger partial charge in [0, 0.05) is 12.4 Å². The number of carbonyl (C=O) groups excluding carboxylic acids is 2. The van der Waals surface area contributed by atoms with Gasteiger partial charge in [-0.05, 0) is 30.6 Å². The first-order chi connectivity index (χ1) is 8.69. The van der Waals surface area contributed by atoms with Crippen molar-refractivity contribution in [3.05, 3.63) is 30.1 Å². The number of aromatic nitrogens is 1. The molecule has 0 unspecified atom stereocenters. The lowest BCUT2D eigenvalue weighted by Crippen LogP contribution is -2.46. The number of thioether (sulfide) groups is 1. The molecule has 0 saturated heterocycles. The van der Waals surface area contributed by atoms with Gasteiger partial charge in [-0.2, -0.15) is 11.8 Å². The van der Waals surface area contributed by atoms with Crippen molar-refractivity contribution in [2.24, 2.45) is 0 Å². The van der Waals surface area contributed by atoms with Gasteiger partial charge < -0.3 is 5.32 Å². The topological polar surface area (TPSA) is 91.3 Å². The van der Waals surface area contributed by atoms with Gasteiger partial charge in [0.25, 0.3) is 11.8 Å². The molecule has 2 amide bonds. The Balaban J connectivity index is 2.65. The van der Waals surface area contributed by atoms with Gasteiger partial charge in [-0.15, -0.1) is 0 Å². The first kappa shape index (κ1) is 14.5. The minimum absolute atomic E-state index is 0.373. The third-order valence-electron chi connectivity index (χ3n) is 2.27. The molecule has 1 rings (SSSR count). The summed E-state index contributed by atoms with van der Waals surface area (Å²) in [7, 11) is 0. The Morgan fingerprint density at radius 3 is 2.89 bits per heavy atom. The number of nitrogens with zero attached hydrogens (tertiary/aromatic N) is 1. The Kier molecular flexibility index (Phi) is 6.16. The molecule has 0 fully saturated rings. The quantitative estimate of drug-likeness (QED) is 0.515. The second-order valence-electron chi connectivity index (χ2n) is 3.53. The lowest BCUT2D eigenvalue weighted by atomic mass is 10.2. The first-order valence-electron chi connectivity index (χ1n) is 5.32. The molecule has 1 aromatic rings. The van der Waals surface area contributed by atoms with Gasteiger partial charge in [-0.25, -0.2) is 5.48 Å². The molecule has 1 aromatic heterocycles. The fourth-order valence-corrected chi connectivity index (χ4v) is 1.79. The molecule has 1 atom stereocenters. The van der Waals surface area contributed by atoms with Crippen LogP contribution in [-0.2, 0) is 4.79 Å². The van der Waals surface area contributed by atoms with E-state index in [-0.39, 0.29) is 0 Å². The number of amides is 2. The van der Waals surface area contributed by atoms with Gasteiger partial charge >= 0.3 is 0 Å².